The first-order chi connectivity index (χ1) is 65.1. The molecule has 2 fully saturated rings. The van der Waals surface area contributed by atoms with Gasteiger partial charge in [0.05, 0.1) is 95.3 Å². The lowest BCUT2D eigenvalue weighted by Crippen LogP contribution is -2.42. The fourth-order valence-corrected chi connectivity index (χ4v) is 15.1. The van der Waals surface area contributed by atoms with Crippen LogP contribution in [0.1, 0.15) is 355 Å². The summed E-state index contributed by atoms with van der Waals surface area (Å²) in [7, 11) is -2.66. The Morgan fingerprint density at radius 3 is 1.19 bits per heavy atom. The largest absolute Gasteiger partial charge is 0.481 e. The van der Waals surface area contributed by atoms with Crippen LogP contribution >= 0.6 is 27.4 Å². The van der Waals surface area contributed by atoms with Crippen molar-refractivity contribution in [3.63, 3.8) is 0 Å². The van der Waals surface area contributed by atoms with Gasteiger partial charge in [-0.25, -0.2) is 15.9 Å². The van der Waals surface area contributed by atoms with Crippen LogP contribution in [0.2, 0.25) is 0 Å². The Labute approximate surface area is 838 Å². The van der Waals surface area contributed by atoms with E-state index in [1.54, 1.807) is 16.0 Å². The molecule has 2 saturated heterocycles. The van der Waals surface area contributed by atoms with Crippen molar-refractivity contribution in [2.24, 2.45) is 5.73 Å². The van der Waals surface area contributed by atoms with Gasteiger partial charge in [-0.15, -0.1) is 13.2 Å². The quantitative estimate of drug-likeness (QED) is 0.00311. The van der Waals surface area contributed by atoms with Crippen LogP contribution in [0, 0.1) is 17.9 Å². The number of cyclic esters (lactones) is 2. The van der Waals surface area contributed by atoms with Gasteiger partial charge in [0.1, 0.15) is 24.6 Å². The van der Waals surface area contributed by atoms with E-state index in [9.17, 15) is 106 Å². The normalized spacial score (nSPS) is 13.8. The average Bonchev–Trinajstić information content (AvgIpc) is 1.64. The number of carboxylic acid groups (broad SMARTS) is 1. The highest BCUT2D eigenvalue weighted by Gasteiger charge is 2.42. The van der Waals surface area contributed by atoms with Gasteiger partial charge in [0, 0.05) is 56.8 Å². The van der Waals surface area contributed by atoms with Crippen LogP contribution in [-0.2, 0) is 80.5 Å². The second-order valence-corrected chi connectivity index (χ2v) is 36.5. The number of aliphatic hydroxyl groups excluding tert-OH is 3. The number of carboxylic acids is 1. The van der Waals surface area contributed by atoms with Gasteiger partial charge < -0.3 is 101 Å². The van der Waals surface area contributed by atoms with Crippen molar-refractivity contribution < 1.29 is 159 Å². The molecule has 0 aliphatic carbocycles. The molecule has 2 aliphatic heterocycles. The Hall–Kier alpha value is -6.61. The number of aliphatic carboxylic acids is 1. The number of aliphatic hydroxyl groups is 3. The number of esters is 4. The monoisotopic (exact) mass is 2120 g/mol. The number of hydrogen-bond acceptors (Lipinski definition) is 25. The van der Waals surface area contributed by atoms with E-state index in [1.165, 1.54) is 71.1 Å². The number of ketones is 1. The van der Waals surface area contributed by atoms with E-state index in [0.29, 0.717) is 83.0 Å². The minimum Gasteiger partial charge on any atom is -0.481 e. The zero-order chi connectivity index (χ0) is 108. The number of amides is 4. The van der Waals surface area contributed by atoms with Crippen molar-refractivity contribution in [3.8, 4) is 6.07 Å². The summed E-state index contributed by atoms with van der Waals surface area (Å²) in [5.74, 6) is -11.8. The van der Waals surface area contributed by atoms with Gasteiger partial charge in [-0.05, 0) is 157 Å². The van der Waals surface area contributed by atoms with Crippen LogP contribution in [0.5, 0.6) is 0 Å². The molecule has 0 radical (unpaired) electrons. The number of carbonyl (C=O) groups excluding carboxylic acids is 9. The van der Waals surface area contributed by atoms with E-state index in [-0.39, 0.29) is 93.8 Å². The second-order valence-electron chi connectivity index (χ2n) is 33.0. The number of rotatable bonds is 63. The van der Waals surface area contributed by atoms with E-state index in [2.05, 4.69) is 75.9 Å². The minimum absolute atomic E-state index is 0. The number of hydrogen-bond donors (Lipinski definition) is 10. The summed E-state index contributed by atoms with van der Waals surface area (Å²) < 4.78 is 186. The number of allylic oxidation sites excluding steroid dienone is 2. The van der Waals surface area contributed by atoms with Crippen molar-refractivity contribution >= 4 is 86.7 Å². The Balaban J connectivity index is -0.000000175. The first-order valence-electron chi connectivity index (χ1n) is 48.3. The first kappa shape index (κ1) is 155. The first-order valence-corrected chi connectivity index (χ1v) is 51.5. The molecule has 0 aromatic heterocycles. The lowest BCUT2D eigenvalue weighted by Gasteiger charge is -2.37. The fraction of sp³-hybridized carbons (Fsp3) is 0.830. The Morgan fingerprint density at radius 2 is 0.879 bits per heavy atom. The van der Waals surface area contributed by atoms with Gasteiger partial charge in [0.2, 0.25) is 14.2 Å². The van der Waals surface area contributed by atoms with E-state index in [0.717, 1.165) is 103 Å². The maximum atomic E-state index is 12.5. The Kier molecular flexibility index (Phi) is 110. The molecule has 141 heavy (non-hydrogen) atoms. The zero-order valence-electron chi connectivity index (χ0n) is 86.4. The maximum Gasteiger partial charge on any atom is 0.471 e. The summed E-state index contributed by atoms with van der Waals surface area (Å²) >= 11 is 6.14. The third-order valence-electron chi connectivity index (χ3n) is 18.4. The second kappa shape index (κ2) is 101. The van der Waals surface area contributed by atoms with E-state index in [4.69, 9.17) is 71.9 Å². The molecule has 2 rings (SSSR count). The van der Waals surface area contributed by atoms with Crippen molar-refractivity contribution in [1.29, 1.82) is 5.26 Å². The molecule has 0 spiro atoms. The molecule has 0 saturated carbocycles. The number of halogens is 13. The van der Waals surface area contributed by atoms with Crippen LogP contribution in [0.3, 0.4) is 0 Å². The highest BCUT2D eigenvalue weighted by atomic mass is 35.7. The SMILES string of the molecule is C=CCCCCC.C=CCCCCO.CCCCCC(CNC(=O)C(F)(F)F)OC(=O)CCC(=O)O.CCCCCC(CNC(=O)C(F)(F)F)OC(=O)CCC(C)=O.CCCCCC(CNC(=O)C(F)(F)F)OP(OCCC#N)N(C(C)C)C(C)C.CCCCCC(O)CN.CCCCCC(O)CNC(=O)C(F)(F)F.CCCCCC1CO1.N.O.O=C1CCC(=O)O1.[C-]#[N+]CCOP(Cl)N(C(C)C)C(C)C. The minimum atomic E-state index is -5.00. The molecule has 0 bridgehead atoms. The van der Waals surface area contributed by atoms with Crippen LogP contribution in [0.4, 0.5) is 52.7 Å². The van der Waals surface area contributed by atoms with E-state index in [1.807, 2.05) is 83.6 Å². The van der Waals surface area contributed by atoms with Crippen LogP contribution in [-0.4, -0.2) is 246 Å². The number of nitrogens with zero attached hydrogens (tertiary/aromatic N) is 4. The molecule has 834 valence electrons. The molecular formula is C94H175ClF12N10O22P2. The lowest BCUT2D eigenvalue weighted by molar-refractivity contribution is -0.174. The summed E-state index contributed by atoms with van der Waals surface area (Å²) in [5.41, 5.74) is 5.20. The van der Waals surface area contributed by atoms with Gasteiger partial charge in [-0.2, -0.15) is 57.9 Å². The van der Waals surface area contributed by atoms with Gasteiger partial charge in [-0.1, -0.05) is 176 Å². The van der Waals surface area contributed by atoms with Gasteiger partial charge >= 0.3 is 78.2 Å². The molecule has 32 nitrogen and oxygen atoms in total. The summed E-state index contributed by atoms with van der Waals surface area (Å²) in [5, 5.41) is 50.5. The molecule has 0 aromatic carbocycles. The van der Waals surface area contributed by atoms with Crippen molar-refractivity contribution in [2.75, 3.05) is 65.7 Å². The molecule has 15 N–H and O–H groups in total. The summed E-state index contributed by atoms with van der Waals surface area (Å²) in [6, 6.07) is 2.89. The van der Waals surface area contributed by atoms with Crippen LogP contribution in [0.15, 0.2) is 25.3 Å². The molecular weight excluding hydrogens is 1950 g/mol. The number of nitriles is 1. The van der Waals surface area contributed by atoms with Crippen molar-refractivity contribution in [1.82, 2.24) is 36.8 Å². The highest BCUT2D eigenvalue weighted by Crippen LogP contribution is 2.50. The maximum absolute atomic E-state index is 12.5. The number of alkyl halides is 12. The molecule has 2 heterocycles. The highest BCUT2D eigenvalue weighted by molar-refractivity contribution is 7.78. The number of epoxide rings is 1. The number of carbonyl (C=O) groups is 10. The van der Waals surface area contributed by atoms with Crippen LogP contribution < -0.4 is 33.2 Å². The smallest absolute Gasteiger partial charge is 0.471 e. The molecule has 2 aliphatic rings. The van der Waals surface area contributed by atoms with Crippen molar-refractivity contribution in [3.05, 3.63) is 36.7 Å². The number of Topliss-reactive ketones (excluding diaryl/α,β-unsaturated/α-hetero) is 1. The van der Waals surface area contributed by atoms with Gasteiger partial charge in [0.25, 0.3) is 8.53 Å². The van der Waals surface area contributed by atoms with Crippen LogP contribution in [0.25, 0.3) is 4.85 Å². The topological polar surface area (TPSA) is 495 Å². The van der Waals surface area contributed by atoms with E-state index >= 15 is 0 Å². The number of unbranched alkanes of at least 4 members (excludes halogenated alkanes) is 17. The standard InChI is InChI=1S/C18H33F3N3O3P.C14H22F3NO4.C13H20F3NO5.C9H18ClN2OP.C9H16F3NO2.C7H17NO.C7H14O.C7H14.C6H12O.C4H4O3.H3N.H2O/c1-6-7-8-10-16(13-23-17(25)18(19,20)21)27-28(26-12-9-11-22)24(14(2)3)15(4)5;1-3-4-5-6-11(9-18-13(21)14(15,16)17)22-12(20)8-7-10(2)19;1-2-3-4-5-9(8-17-12(21)13(14,15)16)22-11(20)7-6-10(18)19;1-8(2)12(9(3)4)14(10)13-7-6-11-5;1-2-3-4-5-7(14)6-13-8(15)9(10,11)12;1-2-3-4-5-7(9)6-8;1-2-3-4-5-7-6-8-7;1-3-5-7-6-4-2;1-2-3-4-5-6-7;5-3-1-2-4(6)7-3;;/h14-16H,6-10,12-13H2,1-5H3,(H,23,25);11H,3-9H2,1-2H3,(H,18,21);9H,2-8H2,1H3,(H,17,21)(H,18,19);8-9H,6-7H2,1-4H3;7,14H,2-6H2,1H3,(H,13,15);7,9H,2-6,8H2,1H3;7H,2-6H2,1H3;3H,1,4-7H2,2H3;2,7H,1,3-6H2;1-2H2;1H3;1H2. The zero-order valence-corrected chi connectivity index (χ0v) is 88.9. The molecule has 8 atom stereocenters. The Bertz CT molecular complexity index is 3100. The fourth-order valence-electron chi connectivity index (χ4n) is 11.0. The number of nitrogens with one attached hydrogen (secondary N) is 4. The predicted molar refractivity (Wildman–Crippen MR) is 525 cm³/mol. The third kappa shape index (κ3) is 109. The summed E-state index contributed by atoms with van der Waals surface area (Å²) in [6.07, 6.45) is 10.6. The summed E-state index contributed by atoms with van der Waals surface area (Å²) in [6.45, 7) is 47.2. The third-order valence-corrected chi connectivity index (χ3v) is 23.1. The van der Waals surface area contributed by atoms with E-state index < -0.39 is 138 Å². The molecule has 8 unspecified atom stereocenters. The number of nitrogens with two attached hydrogens (primary N) is 1. The van der Waals surface area contributed by atoms with Gasteiger partial charge in [0.15, 0.2) is 0 Å². The number of ether oxygens (including phenoxy) is 4. The molecule has 0 aromatic rings. The molecule has 47 heteroatoms. The average molecular weight is 2120 g/mol. The van der Waals surface area contributed by atoms with Crippen molar-refractivity contribution in [2.45, 2.75) is 440 Å². The molecule has 4 amide bonds. The summed E-state index contributed by atoms with van der Waals surface area (Å²) in [4.78, 5) is 110. The lowest BCUT2D eigenvalue weighted by atomic mass is 10.1. The van der Waals surface area contributed by atoms with Gasteiger partial charge in [-0.3, -0.25) is 43.2 Å². The predicted octanol–water partition coefficient (Wildman–Crippen LogP) is 20.7. The Morgan fingerprint density at radius 1 is 0.539 bits per heavy atom.